The van der Waals surface area contributed by atoms with E-state index in [-0.39, 0.29) is 0 Å². The van der Waals surface area contributed by atoms with E-state index in [0.29, 0.717) is 6.54 Å². The van der Waals surface area contributed by atoms with Crippen LogP contribution >= 0.6 is 11.6 Å². The molecule has 0 fully saturated rings. The molecule has 1 N–H and O–H groups in total. The van der Waals surface area contributed by atoms with Crippen molar-refractivity contribution in [1.29, 1.82) is 0 Å². The van der Waals surface area contributed by atoms with Gasteiger partial charge >= 0.3 is 0 Å². The third-order valence-corrected chi connectivity index (χ3v) is 3.67. The van der Waals surface area contributed by atoms with Crippen LogP contribution < -0.4 is 10.2 Å². The number of hydrogen-bond donors (Lipinski definition) is 1. The summed E-state index contributed by atoms with van der Waals surface area (Å²) < 4.78 is 5.61. The van der Waals surface area contributed by atoms with E-state index in [1.165, 1.54) is 5.56 Å². The number of anilines is 1. The number of furan rings is 1. The average Bonchev–Trinajstić information content (AvgIpc) is 2.84. The normalized spacial score (nSPS) is 10.9. The first-order valence-electron chi connectivity index (χ1n) is 7.35. The molecular weight excluding hydrogens is 284 g/mol. The van der Waals surface area contributed by atoms with E-state index in [9.17, 15) is 0 Å². The van der Waals surface area contributed by atoms with Crippen molar-refractivity contribution in [2.24, 2.45) is 0 Å². The number of nitrogens with zero attached hydrogens (tertiary/aromatic N) is 1. The summed E-state index contributed by atoms with van der Waals surface area (Å²) >= 11 is 6.41. The molecule has 1 heterocycles. The Kier molecular flexibility index (Phi) is 5.71. The molecule has 0 radical (unpaired) electrons. The van der Waals surface area contributed by atoms with Gasteiger partial charge < -0.3 is 14.6 Å². The van der Waals surface area contributed by atoms with E-state index in [1.54, 1.807) is 0 Å². The van der Waals surface area contributed by atoms with Gasteiger partial charge in [0.1, 0.15) is 11.5 Å². The Hall–Kier alpha value is -1.45. The number of halogens is 1. The van der Waals surface area contributed by atoms with Gasteiger partial charge in [0.05, 0.1) is 17.3 Å². The van der Waals surface area contributed by atoms with Gasteiger partial charge in [0.2, 0.25) is 0 Å². The van der Waals surface area contributed by atoms with Crippen molar-refractivity contribution >= 4 is 17.3 Å². The number of rotatable bonds is 7. The van der Waals surface area contributed by atoms with Crippen molar-refractivity contribution in [1.82, 2.24) is 5.32 Å². The van der Waals surface area contributed by atoms with Crippen molar-refractivity contribution in [3.8, 4) is 0 Å². The second kappa shape index (κ2) is 7.53. The predicted molar refractivity (Wildman–Crippen MR) is 89.0 cm³/mol. The van der Waals surface area contributed by atoms with Crippen molar-refractivity contribution in [2.75, 3.05) is 18.5 Å². The summed E-state index contributed by atoms with van der Waals surface area (Å²) in [5.41, 5.74) is 2.23. The largest absolute Gasteiger partial charge is 0.464 e. The smallest absolute Gasteiger partial charge is 0.123 e. The fraction of sp³-hybridized carbons (Fsp3) is 0.412. The third kappa shape index (κ3) is 4.51. The molecule has 0 bridgehead atoms. The molecule has 0 aliphatic heterocycles. The van der Waals surface area contributed by atoms with E-state index >= 15 is 0 Å². The Morgan fingerprint density at radius 2 is 2.05 bits per heavy atom. The molecule has 21 heavy (non-hydrogen) atoms. The van der Waals surface area contributed by atoms with Crippen molar-refractivity contribution in [3.05, 3.63) is 52.4 Å². The zero-order valence-electron chi connectivity index (χ0n) is 12.9. The standard InChI is InChI=1S/C17H23ClN2O/c1-4-9-19-11-14-6-8-17(16(18)10-14)20(3)12-15-7-5-13(2)21-15/h5-8,10,19H,4,9,11-12H2,1-3H3. The topological polar surface area (TPSA) is 28.4 Å². The lowest BCUT2D eigenvalue weighted by Gasteiger charge is -2.20. The summed E-state index contributed by atoms with van der Waals surface area (Å²) in [6.07, 6.45) is 1.14. The van der Waals surface area contributed by atoms with Gasteiger partial charge in [-0.05, 0) is 49.7 Å². The van der Waals surface area contributed by atoms with E-state index in [1.807, 2.05) is 32.2 Å². The molecule has 0 spiro atoms. The highest BCUT2D eigenvalue weighted by atomic mass is 35.5. The number of aryl methyl sites for hydroxylation is 1. The first-order valence-corrected chi connectivity index (χ1v) is 7.73. The molecule has 0 atom stereocenters. The van der Waals surface area contributed by atoms with Gasteiger partial charge in [-0.2, -0.15) is 0 Å². The molecule has 0 aliphatic carbocycles. The van der Waals surface area contributed by atoms with Crippen molar-refractivity contribution < 1.29 is 4.42 Å². The van der Waals surface area contributed by atoms with Gasteiger partial charge in [0.15, 0.2) is 0 Å². The second-order valence-corrected chi connectivity index (χ2v) is 5.74. The van der Waals surface area contributed by atoms with Gasteiger partial charge in [-0.1, -0.05) is 24.6 Å². The van der Waals surface area contributed by atoms with E-state index < -0.39 is 0 Å². The zero-order chi connectivity index (χ0) is 15.2. The molecule has 4 heteroatoms. The number of benzene rings is 1. The highest BCUT2D eigenvalue weighted by Gasteiger charge is 2.09. The maximum absolute atomic E-state index is 6.41. The van der Waals surface area contributed by atoms with Crippen LogP contribution in [0.2, 0.25) is 5.02 Å². The molecule has 114 valence electrons. The monoisotopic (exact) mass is 306 g/mol. The minimum atomic E-state index is 0.709. The summed E-state index contributed by atoms with van der Waals surface area (Å²) in [5.74, 6) is 1.88. The fourth-order valence-corrected chi connectivity index (χ4v) is 2.62. The summed E-state index contributed by atoms with van der Waals surface area (Å²) in [7, 11) is 2.02. The Morgan fingerprint density at radius 3 is 2.67 bits per heavy atom. The lowest BCUT2D eigenvalue weighted by molar-refractivity contribution is 0.482. The first kappa shape index (κ1) is 15.9. The SMILES string of the molecule is CCCNCc1ccc(N(C)Cc2ccc(C)o2)c(Cl)c1. The summed E-state index contributed by atoms with van der Waals surface area (Å²) in [5, 5.41) is 4.16. The Bertz CT molecular complexity index is 580. The van der Waals surface area contributed by atoms with Crippen LogP contribution in [0.4, 0.5) is 5.69 Å². The number of nitrogens with one attached hydrogen (secondary N) is 1. The highest BCUT2D eigenvalue weighted by molar-refractivity contribution is 6.33. The van der Waals surface area contributed by atoms with Crippen molar-refractivity contribution in [2.45, 2.75) is 33.4 Å². The van der Waals surface area contributed by atoms with Crippen molar-refractivity contribution in [3.63, 3.8) is 0 Å². The molecule has 0 saturated carbocycles. The lowest BCUT2D eigenvalue weighted by atomic mass is 10.2. The van der Waals surface area contributed by atoms with Gasteiger partial charge in [-0.15, -0.1) is 0 Å². The number of hydrogen-bond acceptors (Lipinski definition) is 3. The molecule has 1 aromatic heterocycles. The quantitative estimate of drug-likeness (QED) is 0.770. The van der Waals surface area contributed by atoms with E-state index in [4.69, 9.17) is 16.0 Å². The first-order chi connectivity index (χ1) is 10.1. The lowest BCUT2D eigenvalue weighted by Crippen LogP contribution is -2.17. The third-order valence-electron chi connectivity index (χ3n) is 3.37. The fourth-order valence-electron chi connectivity index (χ4n) is 2.27. The van der Waals surface area contributed by atoms with Crippen LogP contribution in [0.1, 0.15) is 30.4 Å². The van der Waals surface area contributed by atoms with Crippen LogP contribution in [-0.2, 0) is 13.1 Å². The predicted octanol–water partition coefficient (Wildman–Crippen LogP) is 4.38. The Labute approximate surface area is 131 Å². The maximum Gasteiger partial charge on any atom is 0.123 e. The van der Waals surface area contributed by atoms with Crippen LogP contribution in [0, 0.1) is 6.92 Å². The van der Waals surface area contributed by atoms with Crippen LogP contribution in [-0.4, -0.2) is 13.6 Å². The van der Waals surface area contributed by atoms with Gasteiger partial charge in [-0.3, -0.25) is 0 Å². The molecule has 0 aliphatic rings. The van der Waals surface area contributed by atoms with Crippen LogP contribution in [0.3, 0.4) is 0 Å². The molecule has 0 amide bonds. The second-order valence-electron chi connectivity index (χ2n) is 5.33. The van der Waals surface area contributed by atoms with Gasteiger partial charge in [-0.25, -0.2) is 0 Å². The maximum atomic E-state index is 6.41. The molecular formula is C17H23ClN2O. The van der Waals surface area contributed by atoms with E-state index in [2.05, 4.69) is 29.3 Å². The van der Waals surface area contributed by atoms with E-state index in [0.717, 1.165) is 41.7 Å². The van der Waals surface area contributed by atoms with Gasteiger partial charge in [0.25, 0.3) is 0 Å². The Morgan fingerprint density at radius 1 is 1.24 bits per heavy atom. The molecule has 0 unspecified atom stereocenters. The van der Waals surface area contributed by atoms with Crippen LogP contribution in [0.25, 0.3) is 0 Å². The van der Waals surface area contributed by atoms with Crippen LogP contribution in [0.5, 0.6) is 0 Å². The minimum absolute atomic E-state index is 0.709. The summed E-state index contributed by atoms with van der Waals surface area (Å²) in [6, 6.07) is 10.2. The molecule has 2 rings (SSSR count). The molecule has 3 nitrogen and oxygen atoms in total. The summed E-state index contributed by atoms with van der Waals surface area (Å²) in [6.45, 7) is 6.70. The summed E-state index contributed by atoms with van der Waals surface area (Å²) in [4.78, 5) is 2.10. The Balaban J connectivity index is 2.02. The molecule has 1 aromatic carbocycles. The average molecular weight is 307 g/mol. The zero-order valence-corrected chi connectivity index (χ0v) is 13.7. The van der Waals surface area contributed by atoms with Gasteiger partial charge in [0, 0.05) is 13.6 Å². The molecule has 2 aromatic rings. The molecule has 0 saturated heterocycles. The van der Waals surface area contributed by atoms with Crippen LogP contribution in [0.15, 0.2) is 34.7 Å². The highest BCUT2D eigenvalue weighted by Crippen LogP contribution is 2.27. The minimum Gasteiger partial charge on any atom is -0.464 e.